The molecule has 0 atom stereocenters. The molecule has 1 heterocycles. The highest BCUT2D eigenvalue weighted by Crippen LogP contribution is 2.25. The maximum Gasteiger partial charge on any atom is 0.227 e. The molecular weight excluding hydrogens is 415 g/mol. The smallest absolute Gasteiger partial charge is 0.227 e. The Morgan fingerprint density at radius 3 is 2.46 bits per heavy atom. The number of nitrogens with one attached hydrogen (secondary N) is 1. The van der Waals surface area contributed by atoms with Crippen LogP contribution >= 0.6 is 22.6 Å². The molecule has 0 aromatic heterocycles. The number of carbonyl (C=O) groups excluding carboxylic acids is 2. The SMILES string of the molecule is O=Cc1ccc(N2CCC(C(=O)Nc3cccc(I)c3)CC2)cc1. The molecular formula is C19H19IN2O2. The van der Waals surface area contributed by atoms with E-state index in [1.165, 1.54) is 0 Å². The molecule has 1 aliphatic heterocycles. The Hall–Kier alpha value is -1.89. The van der Waals surface area contributed by atoms with Crippen molar-refractivity contribution in [3.8, 4) is 0 Å². The van der Waals surface area contributed by atoms with E-state index in [0.717, 1.165) is 47.2 Å². The molecule has 5 heteroatoms. The van der Waals surface area contributed by atoms with E-state index in [1.807, 2.05) is 48.5 Å². The number of carbonyl (C=O) groups is 2. The molecule has 2 aromatic rings. The maximum atomic E-state index is 12.4. The van der Waals surface area contributed by atoms with E-state index in [4.69, 9.17) is 0 Å². The lowest BCUT2D eigenvalue weighted by Crippen LogP contribution is -2.38. The van der Waals surface area contributed by atoms with Crippen LogP contribution in [0.1, 0.15) is 23.2 Å². The first-order valence-corrected chi connectivity index (χ1v) is 9.10. The number of hydrogen-bond acceptors (Lipinski definition) is 3. The number of aldehydes is 1. The fourth-order valence-corrected chi connectivity index (χ4v) is 3.52. The Balaban J connectivity index is 1.56. The quantitative estimate of drug-likeness (QED) is 0.586. The van der Waals surface area contributed by atoms with Gasteiger partial charge in [-0.1, -0.05) is 6.07 Å². The normalized spacial score (nSPS) is 15.1. The van der Waals surface area contributed by atoms with Crippen LogP contribution in [0.2, 0.25) is 0 Å². The van der Waals surface area contributed by atoms with Gasteiger partial charge < -0.3 is 10.2 Å². The summed E-state index contributed by atoms with van der Waals surface area (Å²) < 4.78 is 1.11. The van der Waals surface area contributed by atoms with Gasteiger partial charge in [0.25, 0.3) is 0 Å². The third-order valence-electron chi connectivity index (χ3n) is 4.35. The number of benzene rings is 2. The van der Waals surface area contributed by atoms with Crippen LogP contribution in [-0.4, -0.2) is 25.3 Å². The topological polar surface area (TPSA) is 49.4 Å². The molecule has 0 bridgehead atoms. The second kappa shape index (κ2) is 7.79. The largest absolute Gasteiger partial charge is 0.371 e. The summed E-state index contributed by atoms with van der Waals surface area (Å²) in [5.74, 6) is 0.154. The minimum Gasteiger partial charge on any atom is -0.371 e. The number of anilines is 2. The number of hydrogen-bond donors (Lipinski definition) is 1. The van der Waals surface area contributed by atoms with Crippen molar-refractivity contribution in [2.45, 2.75) is 12.8 Å². The van der Waals surface area contributed by atoms with Gasteiger partial charge in [-0.25, -0.2) is 0 Å². The van der Waals surface area contributed by atoms with E-state index < -0.39 is 0 Å². The van der Waals surface area contributed by atoms with Crippen molar-refractivity contribution in [3.05, 3.63) is 57.7 Å². The molecule has 3 rings (SSSR count). The van der Waals surface area contributed by atoms with Gasteiger partial charge in [0.1, 0.15) is 6.29 Å². The molecule has 124 valence electrons. The monoisotopic (exact) mass is 434 g/mol. The van der Waals surface area contributed by atoms with Gasteiger partial charge >= 0.3 is 0 Å². The van der Waals surface area contributed by atoms with Gasteiger partial charge in [0.2, 0.25) is 5.91 Å². The molecule has 1 N–H and O–H groups in total. The molecule has 0 spiro atoms. The Morgan fingerprint density at radius 2 is 1.83 bits per heavy atom. The first-order valence-electron chi connectivity index (χ1n) is 8.02. The van der Waals surface area contributed by atoms with Gasteiger partial charge in [0.15, 0.2) is 0 Å². The zero-order valence-electron chi connectivity index (χ0n) is 13.2. The molecule has 0 radical (unpaired) electrons. The van der Waals surface area contributed by atoms with Crippen LogP contribution in [0.3, 0.4) is 0 Å². The second-order valence-corrected chi connectivity index (χ2v) is 7.22. The van der Waals surface area contributed by atoms with Gasteiger partial charge in [0, 0.05) is 39.5 Å². The zero-order chi connectivity index (χ0) is 16.9. The van der Waals surface area contributed by atoms with E-state index in [-0.39, 0.29) is 11.8 Å². The number of rotatable bonds is 4. The molecule has 24 heavy (non-hydrogen) atoms. The second-order valence-electron chi connectivity index (χ2n) is 5.97. The van der Waals surface area contributed by atoms with Crippen LogP contribution in [0, 0.1) is 9.49 Å². The van der Waals surface area contributed by atoms with Crippen LogP contribution in [-0.2, 0) is 4.79 Å². The fraction of sp³-hybridized carbons (Fsp3) is 0.263. The van der Waals surface area contributed by atoms with Crippen LogP contribution in [0.15, 0.2) is 48.5 Å². The highest BCUT2D eigenvalue weighted by molar-refractivity contribution is 14.1. The molecule has 1 amide bonds. The molecule has 1 fully saturated rings. The predicted molar refractivity (Wildman–Crippen MR) is 105 cm³/mol. The summed E-state index contributed by atoms with van der Waals surface area (Å²) in [5.41, 5.74) is 2.65. The van der Waals surface area contributed by atoms with E-state index in [0.29, 0.717) is 5.56 Å². The summed E-state index contributed by atoms with van der Waals surface area (Å²) in [6.45, 7) is 1.70. The maximum absolute atomic E-state index is 12.4. The minimum absolute atomic E-state index is 0.0494. The third kappa shape index (κ3) is 4.14. The van der Waals surface area contributed by atoms with Crippen molar-refractivity contribution in [2.24, 2.45) is 5.92 Å². The Labute approximate surface area is 155 Å². The Morgan fingerprint density at radius 1 is 1.12 bits per heavy atom. The summed E-state index contributed by atoms with van der Waals surface area (Å²) in [5, 5.41) is 3.02. The fourth-order valence-electron chi connectivity index (χ4n) is 2.97. The number of nitrogens with zero attached hydrogens (tertiary/aromatic N) is 1. The van der Waals surface area contributed by atoms with Gasteiger partial charge in [-0.2, -0.15) is 0 Å². The van der Waals surface area contributed by atoms with E-state index in [1.54, 1.807) is 0 Å². The van der Waals surface area contributed by atoms with Gasteiger partial charge in [-0.05, 0) is 77.9 Å². The van der Waals surface area contributed by atoms with Crippen molar-refractivity contribution in [1.29, 1.82) is 0 Å². The molecule has 0 saturated carbocycles. The van der Waals surface area contributed by atoms with E-state index >= 15 is 0 Å². The Kier molecular flexibility index (Phi) is 5.50. The molecule has 0 unspecified atom stereocenters. The summed E-state index contributed by atoms with van der Waals surface area (Å²) in [7, 11) is 0. The standard InChI is InChI=1S/C19H19IN2O2/c20-16-2-1-3-17(12-16)21-19(24)15-8-10-22(11-9-15)18-6-4-14(13-23)5-7-18/h1-7,12-13,15H,8-11H2,(H,21,24). The lowest BCUT2D eigenvalue weighted by Gasteiger charge is -2.33. The van der Waals surface area contributed by atoms with Crippen molar-refractivity contribution in [2.75, 3.05) is 23.3 Å². The summed E-state index contributed by atoms with van der Waals surface area (Å²) >= 11 is 2.24. The minimum atomic E-state index is 0.0494. The van der Waals surface area contributed by atoms with Crippen LogP contribution < -0.4 is 10.2 Å². The van der Waals surface area contributed by atoms with Crippen LogP contribution in [0.4, 0.5) is 11.4 Å². The predicted octanol–water partition coefficient (Wildman–Crippen LogP) is 3.96. The summed E-state index contributed by atoms with van der Waals surface area (Å²) in [6.07, 6.45) is 2.53. The lowest BCUT2D eigenvalue weighted by atomic mass is 9.95. The number of piperidine rings is 1. The zero-order valence-corrected chi connectivity index (χ0v) is 15.4. The average Bonchev–Trinajstić information content (AvgIpc) is 2.62. The first-order chi connectivity index (χ1) is 11.7. The average molecular weight is 434 g/mol. The van der Waals surface area contributed by atoms with Crippen molar-refractivity contribution >= 4 is 46.2 Å². The molecule has 4 nitrogen and oxygen atoms in total. The Bertz CT molecular complexity index is 722. The number of halogens is 1. The summed E-state index contributed by atoms with van der Waals surface area (Å²) in [6, 6.07) is 15.4. The van der Waals surface area contributed by atoms with Gasteiger partial charge in [-0.3, -0.25) is 9.59 Å². The van der Waals surface area contributed by atoms with Crippen LogP contribution in [0.5, 0.6) is 0 Å². The van der Waals surface area contributed by atoms with Crippen molar-refractivity contribution < 1.29 is 9.59 Å². The summed E-state index contributed by atoms with van der Waals surface area (Å²) in [4.78, 5) is 25.4. The third-order valence-corrected chi connectivity index (χ3v) is 5.02. The first kappa shape index (κ1) is 17.0. The highest BCUT2D eigenvalue weighted by Gasteiger charge is 2.25. The number of amides is 1. The van der Waals surface area contributed by atoms with Crippen molar-refractivity contribution in [3.63, 3.8) is 0 Å². The lowest BCUT2D eigenvalue weighted by molar-refractivity contribution is -0.120. The van der Waals surface area contributed by atoms with Gasteiger partial charge in [-0.15, -0.1) is 0 Å². The molecule has 1 saturated heterocycles. The van der Waals surface area contributed by atoms with Crippen LogP contribution in [0.25, 0.3) is 0 Å². The van der Waals surface area contributed by atoms with E-state index in [9.17, 15) is 9.59 Å². The molecule has 0 aliphatic carbocycles. The molecule has 2 aromatic carbocycles. The van der Waals surface area contributed by atoms with Gasteiger partial charge in [0.05, 0.1) is 0 Å². The van der Waals surface area contributed by atoms with E-state index in [2.05, 4.69) is 32.8 Å². The highest BCUT2D eigenvalue weighted by atomic mass is 127. The molecule has 1 aliphatic rings. The van der Waals surface area contributed by atoms with Crippen molar-refractivity contribution in [1.82, 2.24) is 0 Å².